The van der Waals surface area contributed by atoms with E-state index < -0.39 is 24.0 Å². The molecule has 0 aliphatic rings. The van der Waals surface area contributed by atoms with Crippen molar-refractivity contribution < 1.29 is 19.8 Å². The predicted molar refractivity (Wildman–Crippen MR) is 79.8 cm³/mol. The molecular formula is C15H22N2O4. The van der Waals surface area contributed by atoms with Gasteiger partial charge in [0.2, 0.25) is 0 Å². The maximum atomic E-state index is 11.8. The first-order valence-electron chi connectivity index (χ1n) is 6.84. The Kier molecular flexibility index (Phi) is 6.33. The lowest BCUT2D eigenvalue weighted by Gasteiger charge is -2.20. The Balaban J connectivity index is 2.65. The monoisotopic (exact) mass is 294 g/mol. The van der Waals surface area contributed by atoms with Crippen molar-refractivity contribution in [2.45, 2.75) is 32.0 Å². The lowest BCUT2D eigenvalue weighted by Crippen LogP contribution is -2.47. The SMILES string of the molecule is CCCc1ccc(NC(=O)[C@H](O)[C@@H](O)C(=O)N(C)C)cc1. The summed E-state index contributed by atoms with van der Waals surface area (Å²) in [4.78, 5) is 24.4. The van der Waals surface area contributed by atoms with Crippen LogP contribution >= 0.6 is 0 Å². The van der Waals surface area contributed by atoms with E-state index in [1.54, 1.807) is 12.1 Å². The van der Waals surface area contributed by atoms with Crippen molar-refractivity contribution in [1.82, 2.24) is 4.90 Å². The minimum absolute atomic E-state index is 0.503. The average Bonchev–Trinajstić information content (AvgIpc) is 2.47. The van der Waals surface area contributed by atoms with Crippen LogP contribution in [0.15, 0.2) is 24.3 Å². The summed E-state index contributed by atoms with van der Waals surface area (Å²) in [5, 5.41) is 21.8. The molecule has 6 nitrogen and oxygen atoms in total. The van der Waals surface area contributed by atoms with E-state index >= 15 is 0 Å². The van der Waals surface area contributed by atoms with Crippen LogP contribution in [-0.2, 0) is 16.0 Å². The molecule has 0 heterocycles. The van der Waals surface area contributed by atoms with Crippen molar-refractivity contribution in [1.29, 1.82) is 0 Å². The number of aliphatic hydroxyl groups excluding tert-OH is 2. The van der Waals surface area contributed by atoms with Crippen molar-refractivity contribution in [2.75, 3.05) is 19.4 Å². The molecule has 0 aliphatic carbocycles. The third kappa shape index (κ3) is 4.84. The highest BCUT2D eigenvalue weighted by atomic mass is 16.3. The highest BCUT2D eigenvalue weighted by molar-refractivity contribution is 5.98. The molecule has 1 aromatic rings. The van der Waals surface area contributed by atoms with Gasteiger partial charge in [-0.25, -0.2) is 0 Å². The van der Waals surface area contributed by atoms with Crippen LogP contribution in [0.25, 0.3) is 0 Å². The normalized spacial score (nSPS) is 13.4. The Morgan fingerprint density at radius 3 is 2.19 bits per heavy atom. The van der Waals surface area contributed by atoms with Gasteiger partial charge in [0.1, 0.15) is 0 Å². The molecule has 116 valence electrons. The van der Waals surface area contributed by atoms with Crippen LogP contribution < -0.4 is 5.32 Å². The fraction of sp³-hybridized carbons (Fsp3) is 0.467. The van der Waals surface area contributed by atoms with E-state index in [1.165, 1.54) is 14.1 Å². The van der Waals surface area contributed by atoms with Crippen molar-refractivity contribution >= 4 is 17.5 Å². The number of amides is 2. The number of carbonyl (C=O) groups is 2. The fourth-order valence-corrected chi connectivity index (χ4v) is 1.80. The zero-order chi connectivity index (χ0) is 16.0. The quantitative estimate of drug-likeness (QED) is 0.708. The number of benzene rings is 1. The van der Waals surface area contributed by atoms with Crippen LogP contribution in [0.2, 0.25) is 0 Å². The smallest absolute Gasteiger partial charge is 0.256 e. The number of anilines is 1. The lowest BCUT2D eigenvalue weighted by atomic mass is 10.1. The van der Waals surface area contributed by atoms with Gasteiger partial charge in [-0.05, 0) is 24.1 Å². The topological polar surface area (TPSA) is 89.9 Å². The zero-order valence-corrected chi connectivity index (χ0v) is 12.5. The summed E-state index contributed by atoms with van der Waals surface area (Å²) in [5.74, 6) is -1.54. The van der Waals surface area contributed by atoms with E-state index in [-0.39, 0.29) is 0 Å². The number of aryl methyl sites for hydroxylation is 1. The van der Waals surface area contributed by atoms with Crippen molar-refractivity contribution in [3.63, 3.8) is 0 Å². The Hall–Kier alpha value is -1.92. The van der Waals surface area contributed by atoms with Crippen molar-refractivity contribution in [3.8, 4) is 0 Å². The summed E-state index contributed by atoms with van der Waals surface area (Å²) in [6.45, 7) is 2.08. The molecule has 0 aliphatic heterocycles. The maximum Gasteiger partial charge on any atom is 0.256 e. The number of rotatable bonds is 6. The van der Waals surface area contributed by atoms with Crippen molar-refractivity contribution in [2.24, 2.45) is 0 Å². The van der Waals surface area contributed by atoms with Gasteiger partial charge in [-0.2, -0.15) is 0 Å². The number of hydrogen-bond acceptors (Lipinski definition) is 4. The van der Waals surface area contributed by atoms with Gasteiger partial charge in [0.15, 0.2) is 12.2 Å². The van der Waals surface area contributed by atoms with E-state index in [4.69, 9.17) is 0 Å². The summed E-state index contributed by atoms with van der Waals surface area (Å²) in [7, 11) is 2.87. The van der Waals surface area contributed by atoms with Crippen molar-refractivity contribution in [3.05, 3.63) is 29.8 Å². The highest BCUT2D eigenvalue weighted by Gasteiger charge is 2.31. The molecule has 1 aromatic carbocycles. The molecule has 0 bridgehead atoms. The predicted octanol–water partition coefficient (Wildman–Crippen LogP) is 0.388. The number of nitrogens with zero attached hydrogens (tertiary/aromatic N) is 1. The Morgan fingerprint density at radius 1 is 1.14 bits per heavy atom. The van der Waals surface area contributed by atoms with Gasteiger partial charge in [0, 0.05) is 19.8 Å². The summed E-state index contributed by atoms with van der Waals surface area (Å²) < 4.78 is 0. The first-order chi connectivity index (χ1) is 9.86. The molecule has 6 heteroatoms. The molecule has 1 rings (SSSR count). The van der Waals surface area contributed by atoms with E-state index in [2.05, 4.69) is 12.2 Å². The molecule has 0 spiro atoms. The van der Waals surface area contributed by atoms with Crippen LogP contribution in [0, 0.1) is 0 Å². The second-order valence-corrected chi connectivity index (χ2v) is 5.06. The number of nitrogens with one attached hydrogen (secondary N) is 1. The molecule has 2 atom stereocenters. The summed E-state index contributed by atoms with van der Waals surface area (Å²) in [6.07, 6.45) is -1.61. The molecule has 2 amide bonds. The van der Waals surface area contributed by atoms with Crippen LogP contribution in [-0.4, -0.2) is 53.2 Å². The minimum Gasteiger partial charge on any atom is -0.380 e. The van der Waals surface area contributed by atoms with Gasteiger partial charge in [-0.3, -0.25) is 9.59 Å². The van der Waals surface area contributed by atoms with Crippen LogP contribution in [0.4, 0.5) is 5.69 Å². The van der Waals surface area contributed by atoms with Gasteiger partial charge in [-0.15, -0.1) is 0 Å². The summed E-state index contributed by atoms with van der Waals surface area (Å²) in [5.41, 5.74) is 1.65. The van der Waals surface area contributed by atoms with E-state index in [1.807, 2.05) is 12.1 Å². The standard InChI is InChI=1S/C15H22N2O4/c1-4-5-10-6-8-11(9-7-10)16-14(20)12(18)13(19)15(21)17(2)3/h6-9,12-13,18-19H,4-5H2,1-3H3,(H,16,20)/t12-,13-/m1/s1. The molecular weight excluding hydrogens is 272 g/mol. The molecule has 0 radical (unpaired) electrons. The number of carbonyl (C=O) groups excluding carboxylic acids is 2. The molecule has 0 fully saturated rings. The molecule has 0 aromatic heterocycles. The van der Waals surface area contributed by atoms with Gasteiger partial charge in [0.25, 0.3) is 11.8 Å². The molecule has 21 heavy (non-hydrogen) atoms. The molecule has 0 saturated heterocycles. The largest absolute Gasteiger partial charge is 0.380 e. The summed E-state index contributed by atoms with van der Waals surface area (Å²) >= 11 is 0. The third-order valence-electron chi connectivity index (χ3n) is 3.02. The van der Waals surface area contributed by atoms with Crippen LogP contribution in [0.1, 0.15) is 18.9 Å². The minimum atomic E-state index is -1.81. The average molecular weight is 294 g/mol. The number of aliphatic hydroxyl groups is 2. The van der Waals surface area contributed by atoms with E-state index in [0.29, 0.717) is 5.69 Å². The second kappa shape index (κ2) is 7.75. The zero-order valence-electron chi connectivity index (χ0n) is 12.5. The third-order valence-corrected chi connectivity index (χ3v) is 3.02. The number of hydrogen-bond donors (Lipinski definition) is 3. The van der Waals surface area contributed by atoms with Gasteiger partial charge in [-0.1, -0.05) is 25.5 Å². The summed E-state index contributed by atoms with van der Waals surface area (Å²) in [6, 6.07) is 7.20. The van der Waals surface area contributed by atoms with E-state index in [9.17, 15) is 19.8 Å². The maximum absolute atomic E-state index is 11.8. The van der Waals surface area contributed by atoms with E-state index in [0.717, 1.165) is 23.3 Å². The van der Waals surface area contributed by atoms with Gasteiger partial charge in [0.05, 0.1) is 0 Å². The van der Waals surface area contributed by atoms with Crippen LogP contribution in [0.5, 0.6) is 0 Å². The van der Waals surface area contributed by atoms with Crippen LogP contribution in [0.3, 0.4) is 0 Å². The lowest BCUT2D eigenvalue weighted by molar-refractivity contribution is -0.149. The van der Waals surface area contributed by atoms with Gasteiger partial charge < -0.3 is 20.4 Å². The second-order valence-electron chi connectivity index (χ2n) is 5.06. The first kappa shape index (κ1) is 17.1. The fourth-order valence-electron chi connectivity index (χ4n) is 1.80. The molecule has 0 saturated carbocycles. The highest BCUT2D eigenvalue weighted by Crippen LogP contribution is 2.12. The Labute approximate surface area is 124 Å². The van der Waals surface area contributed by atoms with Gasteiger partial charge >= 0.3 is 0 Å². The molecule has 0 unspecified atom stereocenters. The number of likely N-dealkylation sites (N-methyl/N-ethyl adjacent to an activating group) is 1. The first-order valence-corrected chi connectivity index (χ1v) is 6.84. The molecule has 3 N–H and O–H groups in total. The Bertz CT molecular complexity index is 485. The Morgan fingerprint density at radius 2 is 1.71 bits per heavy atom.